The Morgan fingerprint density at radius 3 is 2.73 bits per heavy atom. The van der Waals surface area contributed by atoms with Gasteiger partial charge < -0.3 is 10.5 Å². The summed E-state index contributed by atoms with van der Waals surface area (Å²) in [5, 5.41) is 8.90. The molecule has 0 fully saturated rings. The van der Waals surface area contributed by atoms with E-state index in [1.807, 2.05) is 0 Å². The molecule has 78 valence electrons. The molecule has 0 aromatic heterocycles. The second-order valence-electron chi connectivity index (χ2n) is 3.13. The van der Waals surface area contributed by atoms with Gasteiger partial charge in [0.1, 0.15) is 0 Å². The fourth-order valence-corrected chi connectivity index (χ4v) is 1.42. The van der Waals surface area contributed by atoms with Crippen LogP contribution in [0.3, 0.4) is 0 Å². The number of carbonyl (C=O) groups excluding carboxylic acids is 1. The molecule has 0 radical (unpaired) electrons. The Morgan fingerprint density at radius 2 is 2.27 bits per heavy atom. The zero-order chi connectivity index (χ0) is 11.4. The van der Waals surface area contributed by atoms with Crippen LogP contribution in [0.4, 0.5) is 0 Å². The van der Waals surface area contributed by atoms with E-state index in [2.05, 4.69) is 10.8 Å². The second kappa shape index (κ2) is 4.58. The van der Waals surface area contributed by atoms with Crippen LogP contribution in [0, 0.1) is 18.3 Å². The molecule has 4 nitrogen and oxygen atoms in total. The maximum Gasteiger partial charge on any atom is 0.337 e. The minimum Gasteiger partial charge on any atom is -0.465 e. The first-order chi connectivity index (χ1) is 7.13. The molecule has 0 aliphatic heterocycles. The Labute approximate surface area is 88.3 Å². The Balaban J connectivity index is 3.33. The van der Waals surface area contributed by atoms with Gasteiger partial charge in [0.05, 0.1) is 24.3 Å². The Bertz CT molecular complexity index is 433. The van der Waals surface area contributed by atoms with Crippen molar-refractivity contribution in [3.63, 3.8) is 0 Å². The van der Waals surface area contributed by atoms with Crippen LogP contribution in [-0.4, -0.2) is 13.1 Å². The summed E-state index contributed by atoms with van der Waals surface area (Å²) in [5.41, 5.74) is 7.86. The fraction of sp³-hybridized carbons (Fsp3) is 0.273. The molecule has 1 aromatic rings. The molecule has 15 heavy (non-hydrogen) atoms. The van der Waals surface area contributed by atoms with Crippen molar-refractivity contribution in [1.82, 2.24) is 0 Å². The molecular formula is C11H12N2O2. The first-order valence-corrected chi connectivity index (χ1v) is 4.46. The molecule has 0 bridgehead atoms. The third-order valence-electron chi connectivity index (χ3n) is 2.17. The quantitative estimate of drug-likeness (QED) is 0.732. The van der Waals surface area contributed by atoms with Crippen molar-refractivity contribution in [2.45, 2.75) is 13.5 Å². The number of hydrogen-bond donors (Lipinski definition) is 1. The number of hydrogen-bond acceptors (Lipinski definition) is 4. The maximum atomic E-state index is 11.3. The minimum absolute atomic E-state index is 0.231. The molecule has 0 aliphatic carbocycles. The lowest BCUT2D eigenvalue weighted by Gasteiger charge is -2.07. The van der Waals surface area contributed by atoms with E-state index >= 15 is 0 Å². The van der Waals surface area contributed by atoms with E-state index in [4.69, 9.17) is 11.0 Å². The monoisotopic (exact) mass is 204 g/mol. The Hall–Kier alpha value is -1.86. The van der Waals surface area contributed by atoms with Crippen molar-refractivity contribution >= 4 is 5.97 Å². The van der Waals surface area contributed by atoms with Crippen LogP contribution >= 0.6 is 0 Å². The molecule has 0 atom stereocenters. The number of benzene rings is 1. The number of esters is 1. The summed E-state index contributed by atoms with van der Waals surface area (Å²) in [6.45, 7) is 2.00. The van der Waals surface area contributed by atoms with Crippen LogP contribution in [0.25, 0.3) is 0 Å². The van der Waals surface area contributed by atoms with Crippen molar-refractivity contribution in [3.8, 4) is 6.07 Å². The molecule has 1 aromatic carbocycles. The topological polar surface area (TPSA) is 76.1 Å². The summed E-state index contributed by atoms with van der Waals surface area (Å²) < 4.78 is 4.60. The number of aryl methyl sites for hydroxylation is 1. The third kappa shape index (κ3) is 2.14. The van der Waals surface area contributed by atoms with Crippen LogP contribution in [0.2, 0.25) is 0 Å². The van der Waals surface area contributed by atoms with Gasteiger partial charge in [0.15, 0.2) is 0 Å². The van der Waals surface area contributed by atoms with Gasteiger partial charge in [-0.15, -0.1) is 0 Å². The third-order valence-corrected chi connectivity index (χ3v) is 2.17. The number of nitrogens with two attached hydrogens (primary N) is 1. The van der Waals surface area contributed by atoms with Crippen molar-refractivity contribution in [2.24, 2.45) is 5.73 Å². The first-order valence-electron chi connectivity index (χ1n) is 4.46. The van der Waals surface area contributed by atoms with E-state index in [1.165, 1.54) is 7.11 Å². The van der Waals surface area contributed by atoms with Gasteiger partial charge in [0.25, 0.3) is 0 Å². The summed E-state index contributed by atoms with van der Waals surface area (Å²) >= 11 is 0. The van der Waals surface area contributed by atoms with Gasteiger partial charge in [0.2, 0.25) is 0 Å². The molecule has 1 rings (SSSR count). The van der Waals surface area contributed by atoms with Crippen LogP contribution in [-0.2, 0) is 11.3 Å². The smallest absolute Gasteiger partial charge is 0.337 e. The van der Waals surface area contributed by atoms with E-state index < -0.39 is 5.97 Å². The van der Waals surface area contributed by atoms with Crippen molar-refractivity contribution < 1.29 is 9.53 Å². The Morgan fingerprint density at radius 1 is 1.60 bits per heavy atom. The molecular weight excluding hydrogens is 192 g/mol. The van der Waals surface area contributed by atoms with Crippen molar-refractivity contribution in [2.75, 3.05) is 7.11 Å². The van der Waals surface area contributed by atoms with Gasteiger partial charge in [-0.3, -0.25) is 0 Å². The fourth-order valence-electron chi connectivity index (χ4n) is 1.42. The molecule has 0 saturated heterocycles. The SMILES string of the molecule is COC(=O)c1cc(C)c(C#N)c(CN)c1. The standard InChI is InChI=1S/C11H12N2O2/c1-7-3-8(11(14)15-2)4-9(5-12)10(7)6-13/h3-4H,5,12H2,1-2H3. The number of nitrogens with zero attached hydrogens (tertiary/aromatic N) is 1. The molecule has 0 spiro atoms. The zero-order valence-corrected chi connectivity index (χ0v) is 8.70. The highest BCUT2D eigenvalue weighted by molar-refractivity contribution is 5.90. The summed E-state index contributed by atoms with van der Waals surface area (Å²) in [6, 6.07) is 5.29. The zero-order valence-electron chi connectivity index (χ0n) is 8.70. The van der Waals surface area contributed by atoms with Crippen molar-refractivity contribution in [1.29, 1.82) is 5.26 Å². The highest BCUT2D eigenvalue weighted by Gasteiger charge is 2.11. The van der Waals surface area contributed by atoms with Crippen LogP contribution in [0.15, 0.2) is 12.1 Å². The largest absolute Gasteiger partial charge is 0.465 e. The van der Waals surface area contributed by atoms with Gasteiger partial charge >= 0.3 is 5.97 Å². The Kier molecular flexibility index (Phi) is 3.42. The van der Waals surface area contributed by atoms with Crippen molar-refractivity contribution in [3.05, 3.63) is 34.4 Å². The number of carbonyl (C=O) groups is 1. The van der Waals surface area contributed by atoms with E-state index in [0.29, 0.717) is 16.7 Å². The average Bonchev–Trinajstić information content (AvgIpc) is 2.26. The first kappa shape index (κ1) is 11.2. The molecule has 0 saturated carbocycles. The van der Waals surface area contributed by atoms with Gasteiger partial charge in [0, 0.05) is 6.54 Å². The highest BCUT2D eigenvalue weighted by atomic mass is 16.5. The van der Waals surface area contributed by atoms with Crippen LogP contribution < -0.4 is 5.73 Å². The predicted molar refractivity (Wildman–Crippen MR) is 55.1 cm³/mol. The number of ether oxygens (including phenoxy) is 1. The minimum atomic E-state index is -0.419. The molecule has 0 unspecified atom stereocenters. The molecule has 0 amide bonds. The lowest BCUT2D eigenvalue weighted by Crippen LogP contribution is -2.07. The average molecular weight is 204 g/mol. The van der Waals surface area contributed by atoms with Gasteiger partial charge in [-0.25, -0.2) is 4.79 Å². The highest BCUT2D eigenvalue weighted by Crippen LogP contribution is 2.16. The van der Waals surface area contributed by atoms with E-state index in [9.17, 15) is 4.79 Å². The van der Waals surface area contributed by atoms with Gasteiger partial charge in [-0.05, 0) is 30.2 Å². The van der Waals surface area contributed by atoms with Crippen LogP contribution in [0.1, 0.15) is 27.0 Å². The predicted octanol–water partition coefficient (Wildman–Crippen LogP) is 1.11. The summed E-state index contributed by atoms with van der Waals surface area (Å²) in [7, 11) is 1.32. The normalized spacial score (nSPS) is 9.47. The molecule has 0 heterocycles. The molecule has 2 N–H and O–H groups in total. The molecule has 4 heteroatoms. The molecule has 0 aliphatic rings. The number of nitriles is 1. The lowest BCUT2D eigenvalue weighted by molar-refractivity contribution is 0.0600. The van der Waals surface area contributed by atoms with E-state index in [0.717, 1.165) is 5.56 Å². The summed E-state index contributed by atoms with van der Waals surface area (Å²) in [5.74, 6) is -0.419. The maximum absolute atomic E-state index is 11.3. The number of rotatable bonds is 2. The lowest BCUT2D eigenvalue weighted by atomic mass is 9.99. The number of methoxy groups -OCH3 is 1. The second-order valence-corrected chi connectivity index (χ2v) is 3.13. The van der Waals surface area contributed by atoms with Gasteiger partial charge in [-0.2, -0.15) is 5.26 Å². The van der Waals surface area contributed by atoms with Gasteiger partial charge in [-0.1, -0.05) is 0 Å². The van der Waals surface area contributed by atoms with Crippen LogP contribution in [0.5, 0.6) is 0 Å². The van der Waals surface area contributed by atoms with E-state index in [-0.39, 0.29) is 6.54 Å². The summed E-state index contributed by atoms with van der Waals surface area (Å²) in [4.78, 5) is 11.3. The summed E-state index contributed by atoms with van der Waals surface area (Å²) in [6.07, 6.45) is 0. The van der Waals surface area contributed by atoms with E-state index in [1.54, 1.807) is 19.1 Å².